The zero-order valence-electron chi connectivity index (χ0n) is 13.8. The fraction of sp³-hybridized carbons (Fsp3) is 0.647. The third kappa shape index (κ3) is 2.50. The Kier molecular flexibility index (Phi) is 3.54. The van der Waals surface area contributed by atoms with Crippen LogP contribution in [0.1, 0.15) is 60.5 Å². The van der Waals surface area contributed by atoms with E-state index in [1.807, 2.05) is 24.8 Å². The summed E-state index contributed by atoms with van der Waals surface area (Å²) in [5, 5.41) is 4.41. The molecular weight excluding hydrogens is 290 g/mol. The number of hydrogen-bond acceptors (Lipinski definition) is 4. The summed E-state index contributed by atoms with van der Waals surface area (Å²) in [6.07, 6.45) is 7.34. The van der Waals surface area contributed by atoms with E-state index in [0.717, 1.165) is 30.8 Å². The number of likely N-dealkylation sites (tertiary alicyclic amines) is 1. The number of carbonyl (C=O) groups excluding carboxylic acids is 1. The van der Waals surface area contributed by atoms with Crippen molar-refractivity contribution in [2.24, 2.45) is 5.92 Å². The van der Waals surface area contributed by atoms with Gasteiger partial charge in [0.15, 0.2) is 0 Å². The number of carbonyl (C=O) groups is 1. The van der Waals surface area contributed by atoms with Crippen LogP contribution in [0, 0.1) is 19.8 Å². The first-order valence-electron chi connectivity index (χ1n) is 8.65. The van der Waals surface area contributed by atoms with Gasteiger partial charge >= 0.3 is 0 Å². The van der Waals surface area contributed by atoms with Crippen LogP contribution in [0.25, 0.3) is 5.78 Å². The molecule has 0 bridgehead atoms. The van der Waals surface area contributed by atoms with Gasteiger partial charge in [-0.1, -0.05) is 12.8 Å². The highest BCUT2D eigenvalue weighted by Crippen LogP contribution is 2.35. The molecule has 1 atom stereocenters. The van der Waals surface area contributed by atoms with Gasteiger partial charge in [-0.05, 0) is 51.5 Å². The summed E-state index contributed by atoms with van der Waals surface area (Å²) in [7, 11) is 0. The molecule has 0 aromatic carbocycles. The van der Waals surface area contributed by atoms with E-state index in [2.05, 4.69) is 15.1 Å². The largest absolute Gasteiger partial charge is 0.333 e. The Balaban J connectivity index is 1.64. The summed E-state index contributed by atoms with van der Waals surface area (Å²) < 4.78 is 1.67. The van der Waals surface area contributed by atoms with Crippen molar-refractivity contribution in [3.63, 3.8) is 0 Å². The number of amides is 1. The summed E-state index contributed by atoms with van der Waals surface area (Å²) in [5.74, 6) is 1.45. The molecule has 1 aliphatic heterocycles. The van der Waals surface area contributed by atoms with Crippen LogP contribution in [0.5, 0.6) is 0 Å². The van der Waals surface area contributed by atoms with E-state index in [9.17, 15) is 4.79 Å². The van der Waals surface area contributed by atoms with Crippen molar-refractivity contribution in [2.75, 3.05) is 6.54 Å². The molecule has 1 saturated carbocycles. The van der Waals surface area contributed by atoms with Crippen LogP contribution in [0.3, 0.4) is 0 Å². The molecule has 122 valence electrons. The number of fused-ring (bicyclic) bond motifs is 1. The Morgan fingerprint density at radius 1 is 1.13 bits per heavy atom. The van der Waals surface area contributed by atoms with Gasteiger partial charge in [0.05, 0.1) is 0 Å². The Morgan fingerprint density at radius 3 is 2.70 bits per heavy atom. The third-order valence-corrected chi connectivity index (χ3v) is 5.31. The third-order valence-electron chi connectivity index (χ3n) is 5.31. The fourth-order valence-electron chi connectivity index (χ4n) is 4.26. The topological polar surface area (TPSA) is 63.4 Å². The van der Waals surface area contributed by atoms with Gasteiger partial charge in [-0.2, -0.15) is 4.98 Å². The quantitative estimate of drug-likeness (QED) is 0.854. The van der Waals surface area contributed by atoms with E-state index >= 15 is 0 Å². The van der Waals surface area contributed by atoms with Crippen LogP contribution in [-0.2, 0) is 0 Å². The lowest BCUT2D eigenvalue weighted by Crippen LogP contribution is -2.39. The van der Waals surface area contributed by atoms with Gasteiger partial charge < -0.3 is 4.90 Å². The van der Waals surface area contributed by atoms with Crippen LogP contribution < -0.4 is 0 Å². The minimum atomic E-state index is -0.0260. The number of nitrogens with zero attached hydrogens (tertiary/aromatic N) is 5. The van der Waals surface area contributed by atoms with Gasteiger partial charge in [-0.15, -0.1) is 5.10 Å². The van der Waals surface area contributed by atoms with Crippen molar-refractivity contribution < 1.29 is 4.79 Å². The zero-order chi connectivity index (χ0) is 16.0. The van der Waals surface area contributed by atoms with E-state index in [4.69, 9.17) is 0 Å². The predicted molar refractivity (Wildman–Crippen MR) is 86.3 cm³/mol. The molecule has 0 N–H and O–H groups in total. The van der Waals surface area contributed by atoms with Crippen LogP contribution in [0.2, 0.25) is 0 Å². The molecule has 6 nitrogen and oxygen atoms in total. The van der Waals surface area contributed by atoms with Crippen molar-refractivity contribution in [1.29, 1.82) is 0 Å². The van der Waals surface area contributed by atoms with Crippen LogP contribution in [0.15, 0.2) is 6.07 Å². The molecule has 2 aromatic rings. The number of aryl methyl sites for hydroxylation is 2. The molecule has 2 aliphatic rings. The Bertz CT molecular complexity index is 747. The number of aromatic nitrogens is 4. The molecule has 2 aromatic heterocycles. The SMILES string of the molecule is Cc1cc(C)n2nc(C(=O)N3CCCC3C3CCCC3)nc2n1. The average molecular weight is 313 g/mol. The van der Waals surface area contributed by atoms with Crippen molar-refractivity contribution in [3.05, 3.63) is 23.3 Å². The van der Waals surface area contributed by atoms with Crippen molar-refractivity contribution in [3.8, 4) is 0 Å². The second-order valence-corrected chi connectivity index (χ2v) is 6.94. The molecular formula is C17H23N5O. The Labute approximate surface area is 135 Å². The van der Waals surface area contributed by atoms with Crippen LogP contribution >= 0.6 is 0 Å². The highest BCUT2D eigenvalue weighted by Gasteiger charge is 2.37. The molecule has 23 heavy (non-hydrogen) atoms. The maximum Gasteiger partial charge on any atom is 0.293 e. The first kappa shape index (κ1) is 14.6. The first-order chi connectivity index (χ1) is 11.1. The summed E-state index contributed by atoms with van der Waals surface area (Å²) in [4.78, 5) is 23.7. The fourth-order valence-corrected chi connectivity index (χ4v) is 4.26. The lowest BCUT2D eigenvalue weighted by atomic mass is 9.96. The molecule has 0 radical (unpaired) electrons. The smallest absolute Gasteiger partial charge is 0.293 e. The molecule has 1 aliphatic carbocycles. The highest BCUT2D eigenvalue weighted by molar-refractivity contribution is 5.91. The van der Waals surface area contributed by atoms with Crippen LogP contribution in [0.4, 0.5) is 0 Å². The molecule has 2 fully saturated rings. The number of rotatable bonds is 2. The van der Waals surface area contributed by atoms with E-state index in [0.29, 0.717) is 17.7 Å². The average Bonchev–Trinajstić information content (AvgIpc) is 3.25. The molecule has 4 rings (SSSR count). The van der Waals surface area contributed by atoms with E-state index < -0.39 is 0 Å². The minimum Gasteiger partial charge on any atom is -0.333 e. The van der Waals surface area contributed by atoms with Gasteiger partial charge in [0, 0.05) is 24.0 Å². The first-order valence-corrected chi connectivity index (χ1v) is 8.65. The maximum atomic E-state index is 12.9. The van der Waals surface area contributed by atoms with Gasteiger partial charge in [-0.3, -0.25) is 4.79 Å². The Hall–Kier alpha value is -1.98. The van der Waals surface area contributed by atoms with Gasteiger partial charge in [0.25, 0.3) is 11.7 Å². The summed E-state index contributed by atoms with van der Waals surface area (Å²) in [6, 6.07) is 2.33. The van der Waals surface area contributed by atoms with Crippen molar-refractivity contribution in [2.45, 2.75) is 58.4 Å². The molecule has 3 heterocycles. The van der Waals surface area contributed by atoms with Gasteiger partial charge in [0.1, 0.15) is 0 Å². The molecule has 1 amide bonds. The summed E-state index contributed by atoms with van der Waals surface area (Å²) >= 11 is 0. The summed E-state index contributed by atoms with van der Waals surface area (Å²) in [6.45, 7) is 4.72. The highest BCUT2D eigenvalue weighted by atomic mass is 16.2. The van der Waals surface area contributed by atoms with Crippen LogP contribution in [-0.4, -0.2) is 43.0 Å². The summed E-state index contributed by atoms with van der Waals surface area (Å²) in [5.41, 5.74) is 1.85. The maximum absolute atomic E-state index is 12.9. The standard InChI is InChI=1S/C17H23N5O/c1-11-10-12(2)22-17(18-11)19-15(20-22)16(23)21-9-5-8-14(21)13-6-3-4-7-13/h10,13-14H,3-9H2,1-2H3. The molecule has 6 heteroatoms. The lowest BCUT2D eigenvalue weighted by molar-refractivity contribution is 0.0677. The van der Waals surface area contributed by atoms with Crippen molar-refractivity contribution in [1.82, 2.24) is 24.5 Å². The predicted octanol–water partition coefficient (Wildman–Crippen LogP) is 2.54. The van der Waals surface area contributed by atoms with Gasteiger partial charge in [0.2, 0.25) is 5.82 Å². The molecule has 0 spiro atoms. The monoisotopic (exact) mass is 313 g/mol. The second-order valence-electron chi connectivity index (χ2n) is 6.94. The molecule has 1 saturated heterocycles. The second kappa shape index (κ2) is 5.58. The molecule has 1 unspecified atom stereocenters. The van der Waals surface area contributed by atoms with E-state index in [-0.39, 0.29) is 11.7 Å². The normalized spacial score (nSPS) is 22.3. The van der Waals surface area contributed by atoms with E-state index in [1.54, 1.807) is 4.52 Å². The zero-order valence-corrected chi connectivity index (χ0v) is 13.8. The minimum absolute atomic E-state index is 0.0260. The number of hydrogen-bond donors (Lipinski definition) is 0. The van der Waals surface area contributed by atoms with E-state index in [1.165, 1.54) is 25.7 Å². The van der Waals surface area contributed by atoms with Crippen molar-refractivity contribution >= 4 is 11.7 Å². The Morgan fingerprint density at radius 2 is 1.91 bits per heavy atom. The van der Waals surface area contributed by atoms with Gasteiger partial charge in [-0.25, -0.2) is 9.50 Å². The lowest BCUT2D eigenvalue weighted by Gasteiger charge is -2.28.